The highest BCUT2D eigenvalue weighted by molar-refractivity contribution is 9.10. The number of nitrogens with zero attached hydrogens (tertiary/aromatic N) is 3. The van der Waals surface area contributed by atoms with Crippen molar-refractivity contribution in [2.24, 2.45) is 0 Å². The van der Waals surface area contributed by atoms with Crippen LogP contribution in [0.3, 0.4) is 0 Å². The van der Waals surface area contributed by atoms with Crippen LogP contribution in [0.1, 0.15) is 38.5 Å². The number of hydrogen-bond acceptors (Lipinski definition) is 3. The van der Waals surface area contributed by atoms with E-state index in [1.165, 1.54) is 38.5 Å². The van der Waals surface area contributed by atoms with Crippen molar-refractivity contribution in [2.75, 3.05) is 4.90 Å². The second-order valence-electron chi connectivity index (χ2n) is 5.61. The van der Waals surface area contributed by atoms with Crippen LogP contribution in [0.15, 0.2) is 28.0 Å². The summed E-state index contributed by atoms with van der Waals surface area (Å²) >= 11 is 3.40. The van der Waals surface area contributed by atoms with Gasteiger partial charge in [-0.25, -0.2) is 9.97 Å². The zero-order chi connectivity index (χ0) is 12.1. The van der Waals surface area contributed by atoms with Gasteiger partial charge in [0, 0.05) is 24.5 Å². The van der Waals surface area contributed by atoms with Crippen LogP contribution < -0.4 is 4.90 Å². The van der Waals surface area contributed by atoms with Crippen molar-refractivity contribution in [2.45, 2.75) is 50.6 Å². The fourth-order valence-electron chi connectivity index (χ4n) is 3.48. The minimum atomic E-state index is 0.646. The third-order valence-electron chi connectivity index (χ3n) is 4.42. The standard InChI is InChI=1S/C14H16BrN3/c15-11-7-16-14(17-8-11)18-12-3-4-13(18)6-10(5-12)9-1-2-9/h7-8,12-13H,1-6H2. The third kappa shape index (κ3) is 1.78. The van der Waals surface area contributed by atoms with Crippen LogP contribution in [0, 0.1) is 0 Å². The summed E-state index contributed by atoms with van der Waals surface area (Å²) in [6.45, 7) is 0. The summed E-state index contributed by atoms with van der Waals surface area (Å²) < 4.78 is 0.955. The zero-order valence-corrected chi connectivity index (χ0v) is 11.9. The second kappa shape index (κ2) is 4.05. The molecular weight excluding hydrogens is 290 g/mol. The number of rotatable bonds is 1. The molecule has 1 aromatic rings. The van der Waals surface area contributed by atoms with Crippen molar-refractivity contribution >= 4 is 21.9 Å². The van der Waals surface area contributed by atoms with E-state index < -0.39 is 0 Å². The van der Waals surface area contributed by atoms with Gasteiger partial charge in [0.25, 0.3) is 0 Å². The van der Waals surface area contributed by atoms with E-state index in [4.69, 9.17) is 0 Å². The normalized spacial score (nSPS) is 29.9. The Hall–Kier alpha value is -0.900. The highest BCUT2D eigenvalue weighted by Crippen LogP contribution is 2.45. The summed E-state index contributed by atoms with van der Waals surface area (Å²) in [6, 6.07) is 1.29. The molecule has 2 unspecified atom stereocenters. The van der Waals surface area contributed by atoms with Crippen molar-refractivity contribution < 1.29 is 0 Å². The zero-order valence-electron chi connectivity index (χ0n) is 10.3. The number of piperidine rings is 1. The number of aromatic nitrogens is 2. The summed E-state index contributed by atoms with van der Waals surface area (Å²) in [7, 11) is 0. The molecule has 3 nitrogen and oxygen atoms in total. The van der Waals surface area contributed by atoms with Crippen molar-refractivity contribution in [3.63, 3.8) is 0 Å². The fourth-order valence-corrected chi connectivity index (χ4v) is 3.69. The Morgan fingerprint density at radius 1 is 1.00 bits per heavy atom. The molecule has 2 aliphatic heterocycles. The minimum absolute atomic E-state index is 0.646. The van der Waals surface area contributed by atoms with Gasteiger partial charge in [0.2, 0.25) is 5.95 Å². The second-order valence-corrected chi connectivity index (χ2v) is 6.52. The lowest BCUT2D eigenvalue weighted by molar-refractivity contribution is 0.536. The largest absolute Gasteiger partial charge is 0.334 e. The van der Waals surface area contributed by atoms with Gasteiger partial charge >= 0.3 is 0 Å². The molecule has 1 aromatic heterocycles. The van der Waals surface area contributed by atoms with Gasteiger partial charge in [-0.05, 0) is 54.5 Å². The topological polar surface area (TPSA) is 29.0 Å². The molecule has 0 amide bonds. The van der Waals surface area contributed by atoms with E-state index in [1.807, 2.05) is 12.4 Å². The highest BCUT2D eigenvalue weighted by Gasteiger charge is 2.41. The van der Waals surface area contributed by atoms with Gasteiger partial charge in [-0.15, -0.1) is 0 Å². The number of fused-ring (bicyclic) bond motifs is 2. The summed E-state index contributed by atoms with van der Waals surface area (Å²) in [5.74, 6) is 0.922. The van der Waals surface area contributed by atoms with Crippen LogP contribution in [0.4, 0.5) is 5.95 Å². The Morgan fingerprint density at radius 3 is 2.17 bits per heavy atom. The predicted octanol–water partition coefficient (Wildman–Crippen LogP) is 3.46. The SMILES string of the molecule is Brc1cnc(N2C3CCC2CC(=C2CC2)C3)nc1. The maximum Gasteiger partial charge on any atom is 0.225 e. The van der Waals surface area contributed by atoms with E-state index >= 15 is 0 Å². The van der Waals surface area contributed by atoms with E-state index in [0.717, 1.165) is 10.4 Å². The summed E-state index contributed by atoms with van der Waals surface area (Å²) in [4.78, 5) is 11.4. The number of halogens is 1. The van der Waals surface area contributed by atoms with Crippen molar-refractivity contribution in [3.05, 3.63) is 28.0 Å². The lowest BCUT2D eigenvalue weighted by Gasteiger charge is -2.36. The first-order chi connectivity index (χ1) is 8.81. The lowest BCUT2D eigenvalue weighted by atomic mass is 9.96. The first kappa shape index (κ1) is 11.0. The lowest BCUT2D eigenvalue weighted by Crippen LogP contribution is -2.41. The molecular formula is C14H16BrN3. The van der Waals surface area contributed by atoms with Crippen LogP contribution in [0.5, 0.6) is 0 Å². The van der Waals surface area contributed by atoms with Gasteiger partial charge < -0.3 is 4.90 Å². The molecule has 2 bridgehead atoms. The van der Waals surface area contributed by atoms with E-state index in [-0.39, 0.29) is 0 Å². The number of allylic oxidation sites excluding steroid dienone is 1. The van der Waals surface area contributed by atoms with Crippen molar-refractivity contribution in [1.82, 2.24) is 9.97 Å². The van der Waals surface area contributed by atoms with Crippen LogP contribution in [0.25, 0.3) is 0 Å². The van der Waals surface area contributed by atoms with E-state index in [2.05, 4.69) is 30.8 Å². The van der Waals surface area contributed by atoms with Crippen molar-refractivity contribution in [3.8, 4) is 0 Å². The molecule has 2 saturated heterocycles. The average molecular weight is 306 g/mol. The summed E-state index contributed by atoms with van der Waals surface area (Å²) in [6.07, 6.45) is 11.6. The Kier molecular flexibility index (Phi) is 2.47. The van der Waals surface area contributed by atoms with Gasteiger partial charge in [0.05, 0.1) is 4.47 Å². The van der Waals surface area contributed by atoms with Crippen LogP contribution in [0.2, 0.25) is 0 Å². The molecule has 0 N–H and O–H groups in total. The molecule has 18 heavy (non-hydrogen) atoms. The van der Waals surface area contributed by atoms with Crippen molar-refractivity contribution in [1.29, 1.82) is 0 Å². The third-order valence-corrected chi connectivity index (χ3v) is 4.83. The number of hydrogen-bond donors (Lipinski definition) is 0. The monoisotopic (exact) mass is 305 g/mol. The smallest absolute Gasteiger partial charge is 0.225 e. The van der Waals surface area contributed by atoms with Gasteiger partial charge in [0.15, 0.2) is 0 Å². The average Bonchev–Trinajstić information content (AvgIpc) is 3.18. The summed E-state index contributed by atoms with van der Waals surface area (Å²) in [5, 5.41) is 0. The molecule has 4 rings (SSSR count). The molecule has 3 aliphatic rings. The predicted molar refractivity (Wildman–Crippen MR) is 74.5 cm³/mol. The molecule has 2 atom stereocenters. The first-order valence-corrected chi connectivity index (χ1v) is 7.56. The molecule has 0 aromatic carbocycles. The maximum atomic E-state index is 4.48. The Balaban J connectivity index is 1.64. The Labute approximate surface area is 115 Å². The van der Waals surface area contributed by atoms with E-state index in [9.17, 15) is 0 Å². The van der Waals surface area contributed by atoms with Crippen LogP contribution >= 0.6 is 15.9 Å². The minimum Gasteiger partial charge on any atom is -0.334 e. The van der Waals surface area contributed by atoms with Gasteiger partial charge in [-0.1, -0.05) is 11.1 Å². The highest BCUT2D eigenvalue weighted by atomic mass is 79.9. The fraction of sp³-hybridized carbons (Fsp3) is 0.571. The van der Waals surface area contributed by atoms with Crippen LogP contribution in [-0.2, 0) is 0 Å². The molecule has 3 fully saturated rings. The van der Waals surface area contributed by atoms with Gasteiger partial charge in [-0.2, -0.15) is 0 Å². The maximum absolute atomic E-state index is 4.48. The van der Waals surface area contributed by atoms with Gasteiger partial charge in [0.1, 0.15) is 0 Å². The first-order valence-electron chi connectivity index (χ1n) is 6.77. The molecule has 1 saturated carbocycles. The molecule has 0 radical (unpaired) electrons. The van der Waals surface area contributed by atoms with Gasteiger partial charge in [-0.3, -0.25) is 0 Å². The van der Waals surface area contributed by atoms with E-state index in [0.29, 0.717) is 12.1 Å². The molecule has 3 heterocycles. The van der Waals surface area contributed by atoms with E-state index in [1.54, 1.807) is 11.1 Å². The number of anilines is 1. The molecule has 1 aliphatic carbocycles. The van der Waals surface area contributed by atoms with Crippen LogP contribution in [-0.4, -0.2) is 22.1 Å². The molecule has 4 heteroatoms. The summed E-state index contributed by atoms with van der Waals surface area (Å²) in [5.41, 5.74) is 3.51. The Morgan fingerprint density at radius 2 is 1.61 bits per heavy atom. The quantitative estimate of drug-likeness (QED) is 0.744. The Bertz CT molecular complexity index is 486. The molecule has 0 spiro atoms. The molecule has 94 valence electrons.